The van der Waals surface area contributed by atoms with Crippen LogP contribution in [0.25, 0.3) is 17.5 Å². The van der Waals surface area contributed by atoms with Crippen LogP contribution < -0.4 is 5.32 Å². The number of amides is 2. The molecule has 0 saturated carbocycles. The maximum Gasteiger partial charge on any atom is 0.414 e. The average molecular weight is 623 g/mol. The lowest BCUT2D eigenvalue weighted by molar-refractivity contribution is 0.0351. The van der Waals surface area contributed by atoms with Gasteiger partial charge in [0, 0.05) is 23.3 Å². The van der Waals surface area contributed by atoms with Crippen LogP contribution in [0.4, 0.5) is 9.18 Å². The molecule has 1 aliphatic heterocycles. The third kappa shape index (κ3) is 6.73. The fraction of sp³-hybridized carbons (Fsp3) is 0.250. The van der Waals surface area contributed by atoms with Crippen LogP contribution in [0.5, 0.6) is 0 Å². The smallest absolute Gasteiger partial charge is 0.414 e. The molecule has 1 N–H and O–H groups in total. The monoisotopic (exact) mass is 621 g/mol. The van der Waals surface area contributed by atoms with Gasteiger partial charge in [-0.2, -0.15) is 5.10 Å². The number of carbonyl (C=O) groups excluding carboxylic acids is 2. The number of rotatable bonds is 5. The SMILES string of the molecule is CC(NC(=O)c1nn(-c2ccc(Cl)cc2Cl)c2c1CCN(C(=O)OC(C)(C)C)/C2=C/c1ccc(F)cc1)c1ccccn1. The highest BCUT2D eigenvalue weighted by molar-refractivity contribution is 6.35. The topological polar surface area (TPSA) is 89.4 Å². The number of carbonyl (C=O) groups is 2. The molecule has 2 aromatic carbocycles. The Labute approximate surface area is 259 Å². The zero-order chi connectivity index (χ0) is 30.9. The van der Waals surface area contributed by atoms with E-state index in [1.807, 2.05) is 19.1 Å². The van der Waals surface area contributed by atoms with Gasteiger partial charge in [0.05, 0.1) is 33.8 Å². The van der Waals surface area contributed by atoms with E-state index in [4.69, 9.17) is 33.0 Å². The molecule has 0 spiro atoms. The Morgan fingerprint density at radius 3 is 2.49 bits per heavy atom. The van der Waals surface area contributed by atoms with Crippen molar-refractivity contribution in [3.05, 3.63) is 111 Å². The zero-order valence-corrected chi connectivity index (χ0v) is 25.6. The highest BCUT2D eigenvalue weighted by atomic mass is 35.5. The molecule has 2 aromatic heterocycles. The lowest BCUT2D eigenvalue weighted by atomic mass is 9.99. The Morgan fingerprint density at radius 2 is 1.84 bits per heavy atom. The summed E-state index contributed by atoms with van der Waals surface area (Å²) in [5, 5.41) is 8.46. The molecular formula is C32H30Cl2FN5O3. The van der Waals surface area contributed by atoms with Gasteiger partial charge < -0.3 is 10.1 Å². The van der Waals surface area contributed by atoms with E-state index in [0.29, 0.717) is 50.4 Å². The summed E-state index contributed by atoms with van der Waals surface area (Å²) in [4.78, 5) is 33.1. The molecule has 3 heterocycles. The molecule has 8 nitrogen and oxygen atoms in total. The molecule has 0 aliphatic carbocycles. The van der Waals surface area contributed by atoms with Gasteiger partial charge in [-0.05, 0) is 88.2 Å². The minimum absolute atomic E-state index is 0.178. The van der Waals surface area contributed by atoms with E-state index in [9.17, 15) is 14.0 Å². The van der Waals surface area contributed by atoms with Gasteiger partial charge in [0.25, 0.3) is 5.91 Å². The van der Waals surface area contributed by atoms with Gasteiger partial charge in [-0.3, -0.25) is 14.7 Å². The first-order chi connectivity index (χ1) is 20.4. The lowest BCUT2D eigenvalue weighted by Gasteiger charge is -2.32. The summed E-state index contributed by atoms with van der Waals surface area (Å²) in [6, 6.07) is 15.9. The van der Waals surface area contributed by atoms with Crippen LogP contribution in [0.1, 0.15) is 66.7 Å². The number of ether oxygens (including phenoxy) is 1. The molecule has 0 saturated heterocycles. The number of benzene rings is 2. The van der Waals surface area contributed by atoms with Crippen molar-refractivity contribution in [1.82, 2.24) is 25.0 Å². The number of halogens is 3. The quantitative estimate of drug-likeness (QED) is 0.249. The minimum atomic E-state index is -0.759. The van der Waals surface area contributed by atoms with Crippen molar-refractivity contribution in [2.24, 2.45) is 0 Å². The number of nitrogens with zero attached hydrogens (tertiary/aromatic N) is 4. The van der Waals surface area contributed by atoms with E-state index in [1.165, 1.54) is 17.0 Å². The van der Waals surface area contributed by atoms with Crippen molar-refractivity contribution in [3.63, 3.8) is 0 Å². The number of aromatic nitrogens is 3. The third-order valence-corrected chi connectivity index (χ3v) is 7.26. The van der Waals surface area contributed by atoms with Crippen molar-refractivity contribution in [1.29, 1.82) is 0 Å². The predicted octanol–water partition coefficient (Wildman–Crippen LogP) is 7.50. The van der Waals surface area contributed by atoms with Crippen molar-refractivity contribution in [3.8, 4) is 5.69 Å². The van der Waals surface area contributed by atoms with Gasteiger partial charge >= 0.3 is 6.09 Å². The van der Waals surface area contributed by atoms with E-state index in [0.717, 1.165) is 0 Å². The molecule has 0 radical (unpaired) electrons. The van der Waals surface area contributed by atoms with E-state index in [1.54, 1.807) is 74.1 Å². The Kier molecular flexibility index (Phi) is 8.57. The van der Waals surface area contributed by atoms with Gasteiger partial charge in [0.2, 0.25) is 0 Å². The third-order valence-electron chi connectivity index (χ3n) is 6.72. The predicted molar refractivity (Wildman–Crippen MR) is 165 cm³/mol. The standard InChI is InChI=1S/C32H30Cl2FN5O3/c1-19(25-7-5-6-15-36-25)37-30(41)28-23-14-16-39(31(42)43-32(2,3)4)27(17-20-8-11-22(35)12-9-20)29(23)40(38-28)26-13-10-21(33)18-24(26)34/h5-13,15,17-19H,14,16H2,1-4H3,(H,37,41)/b27-17+. The second-order valence-corrected chi connectivity index (χ2v) is 11.9. The van der Waals surface area contributed by atoms with Gasteiger partial charge in [-0.25, -0.2) is 13.9 Å². The first-order valence-electron chi connectivity index (χ1n) is 13.7. The Morgan fingerprint density at radius 1 is 1.09 bits per heavy atom. The molecular weight excluding hydrogens is 592 g/mol. The van der Waals surface area contributed by atoms with Crippen LogP contribution in [-0.2, 0) is 11.2 Å². The number of hydrogen-bond acceptors (Lipinski definition) is 5. The van der Waals surface area contributed by atoms with Crippen molar-refractivity contribution < 1.29 is 18.7 Å². The van der Waals surface area contributed by atoms with Gasteiger partial charge in [0.15, 0.2) is 5.69 Å². The van der Waals surface area contributed by atoms with Gasteiger partial charge in [-0.1, -0.05) is 41.4 Å². The molecule has 1 atom stereocenters. The van der Waals surface area contributed by atoms with E-state index < -0.39 is 29.5 Å². The maximum atomic E-state index is 13.8. The second-order valence-electron chi connectivity index (χ2n) is 11.1. The van der Waals surface area contributed by atoms with E-state index in [2.05, 4.69) is 10.3 Å². The average Bonchev–Trinajstić information content (AvgIpc) is 3.34. The maximum absolute atomic E-state index is 13.8. The fourth-order valence-corrected chi connectivity index (χ4v) is 5.26. The number of hydrogen-bond donors (Lipinski definition) is 1. The lowest BCUT2D eigenvalue weighted by Crippen LogP contribution is -2.40. The van der Waals surface area contributed by atoms with Crippen LogP contribution in [0.15, 0.2) is 66.9 Å². The molecule has 5 rings (SSSR count). The number of fused-ring (bicyclic) bond motifs is 1. The van der Waals surface area contributed by atoms with Crippen molar-refractivity contribution in [2.45, 2.75) is 45.8 Å². The molecule has 0 bridgehead atoms. The van der Waals surface area contributed by atoms with E-state index in [-0.39, 0.29) is 12.2 Å². The molecule has 43 heavy (non-hydrogen) atoms. The molecule has 11 heteroatoms. The number of nitrogens with one attached hydrogen (secondary N) is 1. The summed E-state index contributed by atoms with van der Waals surface area (Å²) in [7, 11) is 0. The summed E-state index contributed by atoms with van der Waals surface area (Å²) in [6.07, 6.45) is 3.13. The Bertz CT molecular complexity index is 1700. The highest BCUT2D eigenvalue weighted by Gasteiger charge is 2.37. The second kappa shape index (κ2) is 12.2. The fourth-order valence-electron chi connectivity index (χ4n) is 4.77. The molecule has 1 aliphatic rings. The zero-order valence-electron chi connectivity index (χ0n) is 24.1. The van der Waals surface area contributed by atoms with Crippen LogP contribution in [0, 0.1) is 5.82 Å². The summed E-state index contributed by atoms with van der Waals surface area (Å²) >= 11 is 12.8. The molecule has 222 valence electrons. The van der Waals surface area contributed by atoms with Gasteiger partial charge in [-0.15, -0.1) is 0 Å². The molecule has 2 amide bonds. The molecule has 1 unspecified atom stereocenters. The van der Waals surface area contributed by atoms with Crippen LogP contribution >= 0.6 is 23.2 Å². The van der Waals surface area contributed by atoms with Crippen LogP contribution in [0.3, 0.4) is 0 Å². The van der Waals surface area contributed by atoms with Crippen molar-refractivity contribution in [2.75, 3.05) is 6.54 Å². The summed E-state index contributed by atoms with van der Waals surface area (Å²) in [5.41, 5.74) is 2.70. The van der Waals surface area contributed by atoms with Gasteiger partial charge in [0.1, 0.15) is 11.4 Å². The normalized spacial score (nSPS) is 14.8. The van der Waals surface area contributed by atoms with Crippen molar-refractivity contribution >= 4 is 47.0 Å². The molecule has 4 aromatic rings. The Hall–Kier alpha value is -4.21. The van der Waals surface area contributed by atoms with Crippen LogP contribution in [0.2, 0.25) is 10.0 Å². The minimum Gasteiger partial charge on any atom is -0.443 e. The first kappa shape index (κ1) is 30.3. The summed E-state index contributed by atoms with van der Waals surface area (Å²) < 4.78 is 21.1. The Balaban J connectivity index is 1.69. The first-order valence-corrected chi connectivity index (χ1v) is 14.4. The number of pyridine rings is 1. The largest absolute Gasteiger partial charge is 0.443 e. The summed E-state index contributed by atoms with van der Waals surface area (Å²) in [5.74, 6) is -0.806. The van der Waals surface area contributed by atoms with Crippen LogP contribution in [-0.4, -0.2) is 43.8 Å². The molecule has 0 fully saturated rings. The highest BCUT2D eigenvalue weighted by Crippen LogP contribution is 2.37. The van der Waals surface area contributed by atoms with E-state index >= 15 is 0 Å². The summed E-state index contributed by atoms with van der Waals surface area (Å²) in [6.45, 7) is 7.40.